The average molecular weight is 412 g/mol. The van der Waals surface area contributed by atoms with E-state index in [0.29, 0.717) is 36.6 Å². The lowest BCUT2D eigenvalue weighted by Gasteiger charge is -2.54. The van der Waals surface area contributed by atoms with Gasteiger partial charge in [0.05, 0.1) is 31.8 Å². The Kier molecular flexibility index (Phi) is 4.67. The van der Waals surface area contributed by atoms with Crippen LogP contribution in [-0.2, 0) is 9.47 Å². The number of aromatic nitrogens is 3. The number of rotatable bonds is 4. The van der Waals surface area contributed by atoms with Gasteiger partial charge >= 0.3 is 6.09 Å². The smallest absolute Gasteiger partial charge is 0.411 e. The Morgan fingerprint density at radius 1 is 1.00 bits per heavy atom. The Bertz CT molecular complexity index is 935. The standard InChI is InChI=1S/C20H24N6O4/c1-24(19(27)28)15-4-2-14(3-5-15)16-21-17(25-6-8-29-9-7-25)23-18(22-16)26-10-20(11-26)12-30-13-20/h2-5H,6-13H2,1H3,(H,27,28). The summed E-state index contributed by atoms with van der Waals surface area (Å²) in [6.45, 7) is 6.16. The van der Waals surface area contributed by atoms with Crippen molar-refractivity contribution in [3.05, 3.63) is 24.3 Å². The fourth-order valence-electron chi connectivity index (χ4n) is 3.95. The van der Waals surface area contributed by atoms with Crippen molar-refractivity contribution in [1.29, 1.82) is 0 Å². The molecule has 1 aromatic carbocycles. The van der Waals surface area contributed by atoms with Gasteiger partial charge in [-0.05, 0) is 24.3 Å². The molecule has 1 spiro atoms. The number of amides is 1. The second-order valence-electron chi connectivity index (χ2n) is 8.10. The highest BCUT2D eigenvalue weighted by Gasteiger charge is 2.50. The highest BCUT2D eigenvalue weighted by atomic mass is 16.5. The van der Waals surface area contributed by atoms with Gasteiger partial charge in [-0.2, -0.15) is 15.0 Å². The predicted molar refractivity (Wildman–Crippen MR) is 110 cm³/mol. The zero-order chi connectivity index (χ0) is 20.7. The van der Waals surface area contributed by atoms with Crippen LogP contribution in [0.1, 0.15) is 0 Å². The van der Waals surface area contributed by atoms with Crippen molar-refractivity contribution < 1.29 is 19.4 Å². The molecule has 0 radical (unpaired) electrons. The number of nitrogens with zero attached hydrogens (tertiary/aromatic N) is 6. The van der Waals surface area contributed by atoms with Gasteiger partial charge < -0.3 is 24.4 Å². The van der Waals surface area contributed by atoms with Crippen molar-refractivity contribution in [3.63, 3.8) is 0 Å². The molecule has 0 bridgehead atoms. The van der Waals surface area contributed by atoms with Crippen LogP contribution < -0.4 is 14.7 Å². The van der Waals surface area contributed by atoms with Crippen LogP contribution >= 0.6 is 0 Å². The minimum absolute atomic E-state index is 0.259. The van der Waals surface area contributed by atoms with Gasteiger partial charge in [0.1, 0.15) is 0 Å². The topological polar surface area (TPSA) is 104 Å². The summed E-state index contributed by atoms with van der Waals surface area (Å²) in [7, 11) is 1.51. The molecule has 10 heteroatoms. The Labute approximate surface area is 174 Å². The molecule has 1 amide bonds. The number of carbonyl (C=O) groups is 1. The Morgan fingerprint density at radius 2 is 1.63 bits per heavy atom. The van der Waals surface area contributed by atoms with Crippen molar-refractivity contribution >= 4 is 23.7 Å². The highest BCUT2D eigenvalue weighted by molar-refractivity contribution is 5.85. The molecule has 1 aromatic heterocycles. The van der Waals surface area contributed by atoms with Crippen LogP contribution in [0.3, 0.4) is 0 Å². The number of hydrogen-bond donors (Lipinski definition) is 1. The maximum atomic E-state index is 11.2. The zero-order valence-electron chi connectivity index (χ0n) is 16.8. The fraction of sp³-hybridized carbons (Fsp3) is 0.500. The number of benzene rings is 1. The summed E-state index contributed by atoms with van der Waals surface area (Å²) in [4.78, 5) is 30.8. The molecule has 3 aliphatic rings. The molecule has 5 rings (SSSR count). The second kappa shape index (κ2) is 7.37. The molecule has 4 heterocycles. The van der Waals surface area contributed by atoms with E-state index in [1.165, 1.54) is 11.9 Å². The Balaban J connectivity index is 1.45. The van der Waals surface area contributed by atoms with Crippen molar-refractivity contribution in [1.82, 2.24) is 15.0 Å². The summed E-state index contributed by atoms with van der Waals surface area (Å²) in [6, 6.07) is 7.19. The van der Waals surface area contributed by atoms with Gasteiger partial charge in [-0.1, -0.05) is 0 Å². The molecule has 0 atom stereocenters. The van der Waals surface area contributed by atoms with E-state index in [9.17, 15) is 4.79 Å². The summed E-state index contributed by atoms with van der Waals surface area (Å²) in [5.74, 6) is 1.90. The fourth-order valence-corrected chi connectivity index (χ4v) is 3.95. The van der Waals surface area contributed by atoms with Gasteiger partial charge in [0.15, 0.2) is 5.82 Å². The first-order valence-corrected chi connectivity index (χ1v) is 10.0. The van der Waals surface area contributed by atoms with Crippen LogP contribution in [-0.4, -0.2) is 85.8 Å². The van der Waals surface area contributed by atoms with Crippen molar-refractivity contribution in [3.8, 4) is 11.4 Å². The number of morpholine rings is 1. The number of hydrogen-bond acceptors (Lipinski definition) is 8. The SMILES string of the molecule is CN(C(=O)O)c1ccc(-c2nc(N3CCOCC3)nc(N3CC4(COC4)C3)n2)cc1. The van der Waals surface area contributed by atoms with Crippen molar-refractivity contribution in [2.24, 2.45) is 5.41 Å². The summed E-state index contributed by atoms with van der Waals surface area (Å²) >= 11 is 0. The van der Waals surface area contributed by atoms with E-state index in [0.717, 1.165) is 45.0 Å². The van der Waals surface area contributed by atoms with E-state index in [1.807, 2.05) is 12.1 Å². The first kappa shape index (κ1) is 19.0. The van der Waals surface area contributed by atoms with E-state index >= 15 is 0 Å². The van der Waals surface area contributed by atoms with Crippen molar-refractivity contribution in [2.75, 3.05) is 74.4 Å². The van der Waals surface area contributed by atoms with Gasteiger partial charge in [-0.3, -0.25) is 4.90 Å². The average Bonchev–Trinajstić information content (AvgIpc) is 2.72. The quantitative estimate of drug-likeness (QED) is 0.796. The Morgan fingerprint density at radius 3 is 2.20 bits per heavy atom. The molecule has 2 aromatic rings. The van der Waals surface area contributed by atoms with Gasteiger partial charge in [-0.15, -0.1) is 0 Å². The van der Waals surface area contributed by atoms with E-state index in [1.54, 1.807) is 12.1 Å². The third kappa shape index (κ3) is 3.41. The third-order valence-corrected chi connectivity index (χ3v) is 5.86. The summed E-state index contributed by atoms with van der Waals surface area (Å²) < 4.78 is 10.8. The van der Waals surface area contributed by atoms with Crippen LogP contribution in [0, 0.1) is 5.41 Å². The molecule has 0 aliphatic carbocycles. The lowest BCUT2D eigenvalue weighted by molar-refractivity contribution is -0.127. The maximum Gasteiger partial charge on any atom is 0.411 e. The van der Waals surface area contributed by atoms with Gasteiger partial charge in [0.2, 0.25) is 11.9 Å². The molecule has 30 heavy (non-hydrogen) atoms. The lowest BCUT2D eigenvalue weighted by atomic mass is 9.78. The van der Waals surface area contributed by atoms with Crippen LogP contribution in [0.5, 0.6) is 0 Å². The van der Waals surface area contributed by atoms with Crippen LogP contribution in [0.25, 0.3) is 11.4 Å². The second-order valence-corrected chi connectivity index (χ2v) is 8.10. The summed E-state index contributed by atoms with van der Waals surface area (Å²) in [6.07, 6.45) is -1.01. The number of ether oxygens (including phenoxy) is 2. The van der Waals surface area contributed by atoms with Crippen molar-refractivity contribution in [2.45, 2.75) is 0 Å². The Hall–Kier alpha value is -2.98. The van der Waals surface area contributed by atoms with Crippen LogP contribution in [0.15, 0.2) is 24.3 Å². The first-order valence-electron chi connectivity index (χ1n) is 10.0. The van der Waals surface area contributed by atoms with Gasteiger partial charge in [0, 0.05) is 44.5 Å². The molecule has 0 unspecified atom stereocenters. The monoisotopic (exact) mass is 412 g/mol. The molecular weight excluding hydrogens is 388 g/mol. The normalized spacial score (nSPS) is 19.9. The van der Waals surface area contributed by atoms with E-state index in [4.69, 9.17) is 29.5 Å². The molecule has 158 valence electrons. The first-order chi connectivity index (χ1) is 14.5. The van der Waals surface area contributed by atoms with Crippen LogP contribution in [0.4, 0.5) is 22.4 Å². The lowest BCUT2D eigenvalue weighted by Crippen LogP contribution is -2.66. The highest BCUT2D eigenvalue weighted by Crippen LogP contribution is 2.39. The zero-order valence-corrected chi connectivity index (χ0v) is 16.8. The predicted octanol–water partition coefficient (Wildman–Crippen LogP) is 1.33. The number of carboxylic acid groups (broad SMARTS) is 1. The minimum atomic E-state index is -1.01. The van der Waals surface area contributed by atoms with E-state index in [2.05, 4.69) is 9.80 Å². The van der Waals surface area contributed by atoms with Crippen LogP contribution in [0.2, 0.25) is 0 Å². The molecule has 0 saturated carbocycles. The minimum Gasteiger partial charge on any atom is -0.465 e. The van der Waals surface area contributed by atoms with Gasteiger partial charge in [-0.25, -0.2) is 4.79 Å². The molecule has 3 aliphatic heterocycles. The summed E-state index contributed by atoms with van der Waals surface area (Å²) in [5.41, 5.74) is 1.66. The number of anilines is 3. The molecule has 1 N–H and O–H groups in total. The molecule has 3 fully saturated rings. The maximum absolute atomic E-state index is 11.2. The molecular formula is C20H24N6O4. The largest absolute Gasteiger partial charge is 0.465 e. The molecule has 3 saturated heterocycles. The third-order valence-electron chi connectivity index (χ3n) is 5.86. The van der Waals surface area contributed by atoms with Gasteiger partial charge in [0.25, 0.3) is 0 Å². The van der Waals surface area contributed by atoms with E-state index in [-0.39, 0.29) is 5.41 Å². The summed E-state index contributed by atoms with van der Waals surface area (Å²) in [5, 5.41) is 9.16. The van der Waals surface area contributed by atoms with E-state index < -0.39 is 6.09 Å². The molecule has 10 nitrogen and oxygen atoms in total.